The number of aryl methyl sites for hydroxylation is 3. The van der Waals surface area contributed by atoms with E-state index in [2.05, 4.69) is 39.8 Å². The first-order chi connectivity index (χ1) is 27.2. The molecule has 1 aliphatic heterocycles. The normalized spacial score (nSPS) is 17.5. The monoisotopic (exact) mass is 804 g/mol. The van der Waals surface area contributed by atoms with E-state index in [9.17, 15) is 24.0 Å². The van der Waals surface area contributed by atoms with E-state index in [1.165, 1.54) is 19.4 Å². The second-order valence-corrected chi connectivity index (χ2v) is 17.5. The molecule has 0 amide bonds. The number of fused-ring (bicyclic) bond motifs is 3. The highest BCUT2D eigenvalue weighted by atomic mass is 16.6. The minimum Gasteiger partial charge on any atom is -0.487 e. The van der Waals surface area contributed by atoms with E-state index in [1.807, 2.05) is 39.8 Å². The van der Waals surface area contributed by atoms with Crippen LogP contribution in [0.15, 0.2) is 35.9 Å². The zero-order chi connectivity index (χ0) is 42.9. The van der Waals surface area contributed by atoms with Crippen LogP contribution >= 0.6 is 0 Å². The van der Waals surface area contributed by atoms with Gasteiger partial charge in [-0.1, -0.05) is 58.3 Å². The molecule has 2 aliphatic rings. The fraction of sp³-hybridized carbons (Fsp3) is 0.596. The maximum absolute atomic E-state index is 14.1. The van der Waals surface area contributed by atoms with Crippen molar-refractivity contribution in [3.63, 3.8) is 0 Å². The summed E-state index contributed by atoms with van der Waals surface area (Å²) in [6, 6.07) is 7.94. The molecule has 0 aromatic heterocycles. The van der Waals surface area contributed by atoms with Gasteiger partial charge in [0.2, 0.25) is 0 Å². The SMILES string of the molecule is CCCCCc1cc(OC(=O)CC(C)(C)c2c(C)cc(C)cc2OC(=O)CC(C)CC(=O)OC(COC(C)=O)COC(C)=O)c2c(c1)OC(C)(C)[C@@H]1CCC(C)=C[C@@H]21. The number of carbonyl (C=O) groups excluding carboxylic acids is 5. The van der Waals surface area contributed by atoms with Crippen LogP contribution in [0.4, 0.5) is 0 Å². The number of benzene rings is 2. The van der Waals surface area contributed by atoms with Crippen molar-refractivity contribution >= 4 is 29.8 Å². The van der Waals surface area contributed by atoms with Crippen molar-refractivity contribution in [2.45, 2.75) is 157 Å². The van der Waals surface area contributed by atoms with Gasteiger partial charge in [-0.25, -0.2) is 0 Å². The van der Waals surface area contributed by atoms with Crippen LogP contribution in [0.1, 0.15) is 147 Å². The lowest BCUT2D eigenvalue weighted by Gasteiger charge is -2.46. The first-order valence-electron chi connectivity index (χ1n) is 20.7. The lowest BCUT2D eigenvalue weighted by Crippen LogP contribution is -2.45. The Balaban J connectivity index is 1.52. The molecule has 0 radical (unpaired) electrons. The van der Waals surface area contributed by atoms with E-state index in [0.29, 0.717) is 17.1 Å². The third-order valence-electron chi connectivity index (χ3n) is 11.0. The number of rotatable bonds is 18. The summed E-state index contributed by atoms with van der Waals surface area (Å²) in [5.41, 5.74) is 4.60. The third-order valence-corrected chi connectivity index (χ3v) is 11.0. The molecule has 4 rings (SSSR count). The van der Waals surface area contributed by atoms with Crippen molar-refractivity contribution in [1.29, 1.82) is 0 Å². The second-order valence-electron chi connectivity index (χ2n) is 17.5. The number of ether oxygens (including phenoxy) is 6. The standard InChI is InChI=1S/C47H64O11/c1-12-13-14-15-34-23-38(44-36-19-28(2)16-17-37(36)47(10,11)58-39(44)24-34)56-43(52)25-46(8,9)45-31(5)18-29(3)20-40(45)57-42(51)22-30(4)21-41(50)55-35(26-53-32(6)48)27-54-33(7)49/h18-20,23-24,30,35-37H,12-17,21-22,25-27H2,1-11H3/t30?,36-,37-/m1/s1. The van der Waals surface area contributed by atoms with Crippen LogP contribution in [0, 0.1) is 25.7 Å². The number of hydrogen-bond acceptors (Lipinski definition) is 11. The maximum Gasteiger partial charge on any atom is 0.312 e. The summed E-state index contributed by atoms with van der Waals surface area (Å²) in [7, 11) is 0. The molecule has 0 spiro atoms. The van der Waals surface area contributed by atoms with Gasteiger partial charge in [-0.15, -0.1) is 0 Å². The molecule has 0 N–H and O–H groups in total. The molecule has 2 aromatic rings. The second kappa shape index (κ2) is 19.9. The lowest BCUT2D eigenvalue weighted by atomic mass is 9.68. The summed E-state index contributed by atoms with van der Waals surface area (Å²) in [5, 5.41) is 0. The van der Waals surface area contributed by atoms with Crippen molar-refractivity contribution in [2.75, 3.05) is 13.2 Å². The number of carbonyl (C=O) groups is 5. The van der Waals surface area contributed by atoms with Crippen LogP contribution < -0.4 is 14.2 Å². The Hall–Kier alpha value is -4.67. The first-order valence-corrected chi connectivity index (χ1v) is 20.7. The number of allylic oxidation sites excluding steroid dienone is 2. The van der Waals surface area contributed by atoms with Crippen molar-refractivity contribution in [3.05, 3.63) is 63.7 Å². The molecule has 3 atom stereocenters. The van der Waals surface area contributed by atoms with Crippen molar-refractivity contribution < 1.29 is 52.4 Å². The molecule has 0 saturated heterocycles. The van der Waals surface area contributed by atoms with Crippen LogP contribution in [-0.2, 0) is 50.0 Å². The van der Waals surface area contributed by atoms with Crippen molar-refractivity contribution in [1.82, 2.24) is 0 Å². The van der Waals surface area contributed by atoms with Gasteiger partial charge in [0.15, 0.2) is 6.10 Å². The summed E-state index contributed by atoms with van der Waals surface area (Å²) >= 11 is 0. The number of esters is 5. The molecular formula is C47H64O11. The van der Waals surface area contributed by atoms with Gasteiger partial charge in [0.25, 0.3) is 0 Å². The molecule has 0 bridgehead atoms. The van der Waals surface area contributed by atoms with Crippen LogP contribution in [-0.4, -0.2) is 54.8 Å². The molecule has 58 heavy (non-hydrogen) atoms. The average Bonchev–Trinajstić information content (AvgIpc) is 3.07. The van der Waals surface area contributed by atoms with Gasteiger partial charge < -0.3 is 28.4 Å². The summed E-state index contributed by atoms with van der Waals surface area (Å²) in [6.45, 7) is 20.0. The average molecular weight is 805 g/mol. The van der Waals surface area contributed by atoms with Gasteiger partial charge in [-0.05, 0) is 101 Å². The van der Waals surface area contributed by atoms with E-state index in [0.717, 1.165) is 66.5 Å². The largest absolute Gasteiger partial charge is 0.487 e. The van der Waals surface area contributed by atoms with Gasteiger partial charge in [0, 0.05) is 55.1 Å². The van der Waals surface area contributed by atoms with E-state index < -0.39 is 47.3 Å². The quantitative estimate of drug-likeness (QED) is 0.0468. The lowest BCUT2D eigenvalue weighted by molar-refractivity contribution is -0.166. The smallest absolute Gasteiger partial charge is 0.312 e. The summed E-state index contributed by atoms with van der Waals surface area (Å²) in [5.74, 6) is -1.25. The molecular weight excluding hydrogens is 741 g/mol. The number of unbranched alkanes of at least 4 members (excludes halogenated alkanes) is 2. The molecule has 318 valence electrons. The third kappa shape index (κ3) is 12.7. The topological polar surface area (TPSA) is 141 Å². The first kappa shape index (κ1) is 46.0. The molecule has 11 nitrogen and oxygen atoms in total. The van der Waals surface area contributed by atoms with Gasteiger partial charge in [-0.3, -0.25) is 24.0 Å². The van der Waals surface area contributed by atoms with Crippen LogP contribution in [0.2, 0.25) is 0 Å². The van der Waals surface area contributed by atoms with Gasteiger partial charge in [-0.2, -0.15) is 0 Å². The highest BCUT2D eigenvalue weighted by molar-refractivity contribution is 5.78. The Labute approximate surface area is 344 Å². The van der Waals surface area contributed by atoms with Gasteiger partial charge >= 0.3 is 29.8 Å². The fourth-order valence-electron chi connectivity index (χ4n) is 8.43. The predicted octanol–water partition coefficient (Wildman–Crippen LogP) is 9.28. The summed E-state index contributed by atoms with van der Waals surface area (Å²) in [4.78, 5) is 62.9. The minimum absolute atomic E-state index is 0.00962. The van der Waals surface area contributed by atoms with Crippen LogP contribution in [0.25, 0.3) is 0 Å². The Kier molecular flexibility index (Phi) is 15.8. The van der Waals surface area contributed by atoms with E-state index in [4.69, 9.17) is 28.4 Å². The molecule has 1 aliphatic carbocycles. The molecule has 1 unspecified atom stereocenters. The van der Waals surface area contributed by atoms with E-state index in [-0.39, 0.29) is 49.9 Å². The Morgan fingerprint density at radius 2 is 1.50 bits per heavy atom. The molecule has 11 heteroatoms. The maximum atomic E-state index is 14.1. The van der Waals surface area contributed by atoms with Gasteiger partial charge in [0.05, 0.1) is 6.42 Å². The fourth-order valence-corrected chi connectivity index (χ4v) is 8.43. The predicted molar refractivity (Wildman–Crippen MR) is 220 cm³/mol. The summed E-state index contributed by atoms with van der Waals surface area (Å²) < 4.78 is 34.4. The Morgan fingerprint density at radius 1 is 0.862 bits per heavy atom. The zero-order valence-electron chi connectivity index (χ0n) is 36.5. The molecule has 1 heterocycles. The Morgan fingerprint density at radius 3 is 2.14 bits per heavy atom. The number of hydrogen-bond donors (Lipinski definition) is 0. The minimum atomic E-state index is -0.989. The summed E-state index contributed by atoms with van der Waals surface area (Å²) in [6.07, 6.45) is 7.19. The Bertz CT molecular complexity index is 1850. The van der Waals surface area contributed by atoms with Crippen molar-refractivity contribution in [3.8, 4) is 17.2 Å². The van der Waals surface area contributed by atoms with Crippen molar-refractivity contribution in [2.24, 2.45) is 11.8 Å². The molecule has 0 fully saturated rings. The highest BCUT2D eigenvalue weighted by Gasteiger charge is 2.46. The van der Waals surface area contributed by atoms with E-state index in [1.54, 1.807) is 13.0 Å². The molecule has 2 aromatic carbocycles. The van der Waals surface area contributed by atoms with Crippen LogP contribution in [0.3, 0.4) is 0 Å². The van der Waals surface area contributed by atoms with Gasteiger partial charge in [0.1, 0.15) is 36.1 Å². The van der Waals surface area contributed by atoms with E-state index >= 15 is 0 Å². The highest BCUT2D eigenvalue weighted by Crippen LogP contribution is 2.54. The molecule has 0 saturated carbocycles. The van der Waals surface area contributed by atoms with Crippen LogP contribution in [0.5, 0.6) is 17.2 Å². The zero-order valence-corrected chi connectivity index (χ0v) is 36.5.